The Morgan fingerprint density at radius 2 is 1.81 bits per heavy atom. The van der Waals surface area contributed by atoms with Crippen LogP contribution in [0.1, 0.15) is 38.5 Å². The quantitative estimate of drug-likeness (QED) is 0.203. The molecular weight excluding hydrogens is 447 g/mol. The van der Waals surface area contributed by atoms with E-state index >= 15 is 0 Å². The van der Waals surface area contributed by atoms with Crippen molar-refractivity contribution in [3.63, 3.8) is 0 Å². The lowest BCUT2D eigenvalue weighted by Crippen LogP contribution is -2.49. The van der Waals surface area contributed by atoms with E-state index in [0.717, 1.165) is 57.6 Å². The van der Waals surface area contributed by atoms with E-state index in [0.29, 0.717) is 19.8 Å². The molecule has 0 aromatic heterocycles. The summed E-state index contributed by atoms with van der Waals surface area (Å²) >= 11 is 0. The second kappa shape index (κ2) is 14.4. The summed E-state index contributed by atoms with van der Waals surface area (Å²) in [4.78, 5) is 18.6. The summed E-state index contributed by atoms with van der Waals surface area (Å²) in [7, 11) is 7.11. The van der Waals surface area contributed by atoms with Gasteiger partial charge in [0.05, 0.1) is 18.6 Å². The van der Waals surface area contributed by atoms with Gasteiger partial charge in [-0.15, -0.1) is 24.0 Å². The van der Waals surface area contributed by atoms with Gasteiger partial charge in [0.25, 0.3) is 0 Å². The fourth-order valence-corrected chi connectivity index (χ4v) is 3.25. The lowest BCUT2D eigenvalue weighted by molar-refractivity contribution is -0.138. The molecular formula is C18H37IN4O3. The van der Waals surface area contributed by atoms with Crippen molar-refractivity contribution in [3.8, 4) is 0 Å². The smallest absolute Gasteiger partial charge is 0.230 e. The summed E-state index contributed by atoms with van der Waals surface area (Å²) < 4.78 is 10.4. The molecule has 7 nitrogen and oxygen atoms in total. The largest absolute Gasteiger partial charge is 0.382 e. The van der Waals surface area contributed by atoms with Gasteiger partial charge in [-0.05, 0) is 25.7 Å². The second-order valence-electron chi connectivity index (χ2n) is 6.85. The molecule has 0 atom stereocenters. The SMILES string of the molecule is CN=C(NCCCCOCCOC)NCC1(C(=O)N(C)C)CCCC1.I. The van der Waals surface area contributed by atoms with Crippen LogP contribution in [0.4, 0.5) is 0 Å². The number of hydrogen-bond donors (Lipinski definition) is 2. The molecule has 1 aliphatic carbocycles. The Bertz CT molecular complexity index is 413. The molecule has 0 bridgehead atoms. The lowest BCUT2D eigenvalue weighted by Gasteiger charge is -2.31. The molecule has 0 radical (unpaired) electrons. The molecule has 1 rings (SSSR count). The maximum atomic E-state index is 12.6. The van der Waals surface area contributed by atoms with E-state index < -0.39 is 0 Å². The zero-order chi connectivity index (χ0) is 18.5. The summed E-state index contributed by atoms with van der Waals surface area (Å²) in [5.41, 5.74) is -0.281. The van der Waals surface area contributed by atoms with Gasteiger partial charge >= 0.3 is 0 Å². The number of unbranched alkanes of at least 4 members (excludes halogenated alkanes) is 1. The predicted octanol–water partition coefficient (Wildman–Crippen LogP) is 1.86. The molecule has 0 saturated heterocycles. The van der Waals surface area contributed by atoms with Crippen LogP contribution in [-0.4, -0.2) is 77.9 Å². The number of rotatable bonds is 11. The minimum Gasteiger partial charge on any atom is -0.382 e. The van der Waals surface area contributed by atoms with Gasteiger partial charge in [0.15, 0.2) is 5.96 Å². The Kier molecular flexibility index (Phi) is 14.1. The number of nitrogens with zero attached hydrogens (tertiary/aromatic N) is 2. The lowest BCUT2D eigenvalue weighted by atomic mass is 9.84. The molecule has 0 heterocycles. The van der Waals surface area contributed by atoms with Crippen LogP contribution in [0, 0.1) is 5.41 Å². The summed E-state index contributed by atoms with van der Waals surface area (Å²) in [5, 5.41) is 6.66. The number of methoxy groups -OCH3 is 1. The molecule has 2 N–H and O–H groups in total. The topological polar surface area (TPSA) is 75.2 Å². The fourth-order valence-electron chi connectivity index (χ4n) is 3.25. The Balaban J connectivity index is 0.00000625. The molecule has 0 spiro atoms. The number of carbonyl (C=O) groups excluding carboxylic acids is 1. The van der Waals surface area contributed by atoms with Crippen LogP contribution in [-0.2, 0) is 14.3 Å². The van der Waals surface area contributed by atoms with Gasteiger partial charge in [-0.2, -0.15) is 0 Å². The van der Waals surface area contributed by atoms with Crippen LogP contribution >= 0.6 is 24.0 Å². The minimum atomic E-state index is -0.281. The summed E-state index contributed by atoms with van der Waals surface area (Å²) in [5.74, 6) is 0.985. The highest BCUT2D eigenvalue weighted by Gasteiger charge is 2.42. The maximum Gasteiger partial charge on any atom is 0.230 e. The zero-order valence-electron chi connectivity index (χ0n) is 16.8. The first kappa shape index (κ1) is 25.4. The van der Waals surface area contributed by atoms with E-state index in [4.69, 9.17) is 9.47 Å². The Labute approximate surface area is 175 Å². The monoisotopic (exact) mass is 484 g/mol. The number of halogens is 1. The van der Waals surface area contributed by atoms with Gasteiger partial charge in [0.1, 0.15) is 0 Å². The van der Waals surface area contributed by atoms with E-state index in [9.17, 15) is 4.79 Å². The van der Waals surface area contributed by atoms with Crippen LogP contribution in [0.15, 0.2) is 4.99 Å². The highest BCUT2D eigenvalue weighted by molar-refractivity contribution is 14.0. The third kappa shape index (κ3) is 8.85. The number of aliphatic imine (C=N–C) groups is 1. The van der Waals surface area contributed by atoms with Crippen molar-refractivity contribution in [2.45, 2.75) is 38.5 Å². The number of ether oxygens (including phenoxy) is 2. The molecule has 1 aliphatic rings. The highest BCUT2D eigenvalue weighted by atomic mass is 127. The fraction of sp³-hybridized carbons (Fsp3) is 0.889. The number of hydrogen-bond acceptors (Lipinski definition) is 4. The average Bonchev–Trinajstić information content (AvgIpc) is 3.09. The van der Waals surface area contributed by atoms with Crippen molar-refractivity contribution in [2.24, 2.45) is 10.4 Å². The van der Waals surface area contributed by atoms with E-state index in [2.05, 4.69) is 15.6 Å². The third-order valence-corrected chi connectivity index (χ3v) is 4.68. The van der Waals surface area contributed by atoms with Gasteiger partial charge in [0, 0.05) is 47.9 Å². The normalized spacial score (nSPS) is 16.1. The summed E-state index contributed by atoms with van der Waals surface area (Å²) in [6.45, 7) is 3.51. The summed E-state index contributed by atoms with van der Waals surface area (Å²) in [6, 6.07) is 0. The van der Waals surface area contributed by atoms with Crippen molar-refractivity contribution >= 4 is 35.8 Å². The Morgan fingerprint density at radius 3 is 2.38 bits per heavy atom. The molecule has 154 valence electrons. The van der Waals surface area contributed by atoms with Crippen LogP contribution in [0.25, 0.3) is 0 Å². The molecule has 26 heavy (non-hydrogen) atoms. The Morgan fingerprint density at radius 1 is 1.12 bits per heavy atom. The van der Waals surface area contributed by atoms with E-state index in [1.165, 1.54) is 0 Å². The molecule has 0 aromatic carbocycles. The van der Waals surface area contributed by atoms with Crippen molar-refractivity contribution in [3.05, 3.63) is 0 Å². The highest BCUT2D eigenvalue weighted by Crippen LogP contribution is 2.38. The van der Waals surface area contributed by atoms with Crippen LogP contribution in [0.5, 0.6) is 0 Å². The number of guanidine groups is 1. The Hall–Kier alpha value is -0.610. The van der Waals surface area contributed by atoms with Crippen LogP contribution in [0.3, 0.4) is 0 Å². The first-order chi connectivity index (χ1) is 12.1. The van der Waals surface area contributed by atoms with E-state index in [-0.39, 0.29) is 35.3 Å². The minimum absolute atomic E-state index is 0. The van der Waals surface area contributed by atoms with Crippen LogP contribution < -0.4 is 10.6 Å². The molecule has 0 unspecified atom stereocenters. The molecule has 1 saturated carbocycles. The molecule has 1 fully saturated rings. The molecule has 1 amide bonds. The van der Waals surface area contributed by atoms with Gasteiger partial charge in [-0.1, -0.05) is 12.8 Å². The zero-order valence-corrected chi connectivity index (χ0v) is 19.1. The first-order valence-corrected chi connectivity index (χ1v) is 9.29. The van der Waals surface area contributed by atoms with Gasteiger partial charge in [0.2, 0.25) is 5.91 Å². The number of carbonyl (C=O) groups is 1. The van der Waals surface area contributed by atoms with Gasteiger partial charge < -0.3 is 25.0 Å². The van der Waals surface area contributed by atoms with E-state index in [1.54, 1.807) is 19.1 Å². The maximum absolute atomic E-state index is 12.6. The van der Waals surface area contributed by atoms with Gasteiger partial charge in [-0.25, -0.2) is 0 Å². The van der Waals surface area contributed by atoms with Crippen molar-refractivity contribution in [1.82, 2.24) is 15.5 Å². The van der Waals surface area contributed by atoms with E-state index in [1.807, 2.05) is 14.1 Å². The third-order valence-electron chi connectivity index (χ3n) is 4.68. The number of amides is 1. The molecule has 0 aromatic rings. The average molecular weight is 484 g/mol. The second-order valence-corrected chi connectivity index (χ2v) is 6.85. The van der Waals surface area contributed by atoms with Gasteiger partial charge in [-0.3, -0.25) is 9.79 Å². The molecule has 0 aliphatic heterocycles. The standard InChI is InChI=1S/C18H36N4O3.HI/c1-19-17(20-11-7-8-12-25-14-13-24-4)21-15-18(9-5-6-10-18)16(23)22(2)3;/h5-15H2,1-4H3,(H2,19,20,21);1H. The number of nitrogens with one attached hydrogen (secondary N) is 2. The predicted molar refractivity (Wildman–Crippen MR) is 116 cm³/mol. The first-order valence-electron chi connectivity index (χ1n) is 9.29. The van der Waals surface area contributed by atoms with Crippen molar-refractivity contribution in [2.75, 3.05) is 61.2 Å². The van der Waals surface area contributed by atoms with Crippen molar-refractivity contribution in [1.29, 1.82) is 0 Å². The van der Waals surface area contributed by atoms with Crippen LogP contribution in [0.2, 0.25) is 0 Å². The molecule has 8 heteroatoms. The summed E-state index contributed by atoms with van der Waals surface area (Å²) in [6.07, 6.45) is 6.15. The van der Waals surface area contributed by atoms with Crippen molar-refractivity contribution < 1.29 is 14.3 Å².